The molecule has 4 nitrogen and oxygen atoms in total. The third kappa shape index (κ3) is 2.49. The first-order valence-corrected chi connectivity index (χ1v) is 5.25. The lowest BCUT2D eigenvalue weighted by molar-refractivity contribution is -0.141. The molecule has 0 spiro atoms. The van der Waals surface area contributed by atoms with E-state index in [0.29, 0.717) is 0 Å². The maximum absolute atomic E-state index is 12.2. The van der Waals surface area contributed by atoms with Gasteiger partial charge in [0.25, 0.3) is 0 Å². The average molecular weight is 247 g/mol. The molecule has 0 bridgehead atoms. The Morgan fingerprint density at radius 1 is 1.29 bits per heavy atom. The monoisotopic (exact) mass is 247 g/mol. The Balaban J connectivity index is 2.08. The van der Waals surface area contributed by atoms with Gasteiger partial charge in [0.1, 0.15) is 5.82 Å². The van der Waals surface area contributed by atoms with Gasteiger partial charge in [0.05, 0.1) is 12.1 Å². The first-order chi connectivity index (χ1) is 7.95. The van der Waals surface area contributed by atoms with Crippen LogP contribution >= 0.6 is 0 Å². The smallest absolute Gasteiger partial charge is 0.394 e. The van der Waals surface area contributed by atoms with Crippen molar-refractivity contribution >= 4 is 5.82 Å². The molecule has 94 valence electrons. The van der Waals surface area contributed by atoms with Crippen LogP contribution in [0.5, 0.6) is 0 Å². The van der Waals surface area contributed by atoms with Gasteiger partial charge >= 0.3 is 6.18 Å². The Morgan fingerprint density at radius 2 is 2.00 bits per heavy atom. The molecule has 1 fully saturated rings. The topological polar surface area (TPSA) is 58.0 Å². The van der Waals surface area contributed by atoms with Crippen molar-refractivity contribution in [1.82, 2.24) is 10.2 Å². The van der Waals surface area contributed by atoms with Crippen LogP contribution in [-0.4, -0.2) is 27.4 Å². The van der Waals surface area contributed by atoms with E-state index in [1.165, 1.54) is 6.07 Å². The first kappa shape index (κ1) is 12.1. The molecule has 0 unspecified atom stereocenters. The van der Waals surface area contributed by atoms with Gasteiger partial charge in [-0.15, -0.1) is 10.2 Å². The number of aliphatic hydroxyl groups excluding tert-OH is 1. The van der Waals surface area contributed by atoms with Gasteiger partial charge in [-0.3, -0.25) is 0 Å². The summed E-state index contributed by atoms with van der Waals surface area (Å²) in [6, 6.07) is 2.10. The van der Waals surface area contributed by atoms with Gasteiger partial charge in [-0.05, 0) is 31.4 Å². The van der Waals surface area contributed by atoms with Gasteiger partial charge in [-0.1, -0.05) is 0 Å². The minimum Gasteiger partial charge on any atom is -0.394 e. The molecule has 0 radical (unpaired) electrons. The zero-order chi connectivity index (χ0) is 12.5. The summed E-state index contributed by atoms with van der Waals surface area (Å²) in [6.07, 6.45) is -1.92. The summed E-state index contributed by atoms with van der Waals surface area (Å²) in [5.74, 6) is 0.256. The molecular formula is C10H12F3N3O. The highest BCUT2D eigenvalue weighted by molar-refractivity contribution is 5.38. The molecule has 2 N–H and O–H groups in total. The molecule has 1 aromatic rings. The van der Waals surface area contributed by atoms with Crippen molar-refractivity contribution in [2.75, 3.05) is 11.9 Å². The second-order valence-electron chi connectivity index (χ2n) is 4.22. The molecule has 1 aromatic heterocycles. The summed E-state index contributed by atoms with van der Waals surface area (Å²) in [5.41, 5.74) is -1.45. The molecule has 0 aromatic carbocycles. The van der Waals surface area contributed by atoms with E-state index in [1.54, 1.807) is 0 Å². The Hall–Kier alpha value is -1.37. The van der Waals surface area contributed by atoms with Crippen molar-refractivity contribution in [3.63, 3.8) is 0 Å². The van der Waals surface area contributed by atoms with Crippen LogP contribution in [0.3, 0.4) is 0 Å². The highest BCUT2D eigenvalue weighted by atomic mass is 19.4. The molecule has 7 heteroatoms. The fraction of sp³-hybridized carbons (Fsp3) is 0.600. The van der Waals surface area contributed by atoms with E-state index in [4.69, 9.17) is 0 Å². The number of aliphatic hydroxyl groups is 1. The van der Waals surface area contributed by atoms with Crippen LogP contribution in [0.2, 0.25) is 0 Å². The van der Waals surface area contributed by atoms with E-state index in [0.717, 1.165) is 25.3 Å². The molecule has 2 rings (SSSR count). The van der Waals surface area contributed by atoms with Crippen LogP contribution in [0.15, 0.2) is 12.1 Å². The highest BCUT2D eigenvalue weighted by Gasteiger charge is 2.37. The van der Waals surface area contributed by atoms with Crippen molar-refractivity contribution < 1.29 is 18.3 Å². The zero-order valence-electron chi connectivity index (χ0n) is 8.96. The summed E-state index contributed by atoms with van der Waals surface area (Å²) >= 11 is 0. The summed E-state index contributed by atoms with van der Waals surface area (Å²) in [6.45, 7) is -0.0598. The van der Waals surface area contributed by atoms with Crippen LogP contribution in [-0.2, 0) is 6.18 Å². The minimum absolute atomic E-state index is 0.0598. The second-order valence-corrected chi connectivity index (χ2v) is 4.22. The molecule has 0 atom stereocenters. The molecule has 0 aliphatic heterocycles. The largest absolute Gasteiger partial charge is 0.435 e. The number of halogens is 3. The molecule has 1 saturated carbocycles. The first-order valence-electron chi connectivity index (χ1n) is 5.25. The summed E-state index contributed by atoms with van der Waals surface area (Å²) in [7, 11) is 0. The normalized spacial score (nSPS) is 18.6. The minimum atomic E-state index is -4.48. The Kier molecular flexibility index (Phi) is 2.94. The molecule has 1 heterocycles. The number of nitrogens with zero attached hydrogens (tertiary/aromatic N) is 2. The van der Waals surface area contributed by atoms with Gasteiger partial charge in [0.2, 0.25) is 0 Å². The van der Waals surface area contributed by atoms with E-state index < -0.39 is 17.4 Å². The van der Waals surface area contributed by atoms with Crippen molar-refractivity contribution in [2.45, 2.75) is 31.0 Å². The highest BCUT2D eigenvalue weighted by Crippen LogP contribution is 2.34. The van der Waals surface area contributed by atoms with Crippen LogP contribution in [0.25, 0.3) is 0 Å². The lowest BCUT2D eigenvalue weighted by atomic mass is 9.77. The lowest BCUT2D eigenvalue weighted by Gasteiger charge is -2.41. The van der Waals surface area contributed by atoms with Gasteiger partial charge in [-0.2, -0.15) is 13.2 Å². The summed E-state index contributed by atoms with van der Waals surface area (Å²) in [4.78, 5) is 0. The van der Waals surface area contributed by atoms with E-state index >= 15 is 0 Å². The van der Waals surface area contributed by atoms with Crippen LogP contribution in [0, 0.1) is 0 Å². The van der Waals surface area contributed by atoms with E-state index in [1.807, 2.05) is 0 Å². The maximum Gasteiger partial charge on any atom is 0.435 e. The SMILES string of the molecule is OCC1(Nc2ccc(C(F)(F)F)nn2)CCC1. The number of nitrogens with one attached hydrogen (secondary N) is 1. The van der Waals surface area contributed by atoms with Crippen LogP contribution < -0.4 is 5.32 Å². The fourth-order valence-corrected chi connectivity index (χ4v) is 1.75. The molecule has 1 aliphatic rings. The molecule has 17 heavy (non-hydrogen) atoms. The number of anilines is 1. The second kappa shape index (κ2) is 4.14. The molecule has 1 aliphatic carbocycles. The quantitative estimate of drug-likeness (QED) is 0.855. The van der Waals surface area contributed by atoms with E-state index in [9.17, 15) is 18.3 Å². The number of alkyl halides is 3. The Morgan fingerprint density at radius 3 is 2.35 bits per heavy atom. The van der Waals surface area contributed by atoms with Gasteiger partial charge in [0.15, 0.2) is 5.69 Å². The van der Waals surface area contributed by atoms with E-state index in [2.05, 4.69) is 15.5 Å². The Labute approximate surface area is 95.9 Å². The third-order valence-electron chi connectivity index (χ3n) is 2.96. The van der Waals surface area contributed by atoms with Crippen LogP contribution in [0.1, 0.15) is 25.0 Å². The van der Waals surface area contributed by atoms with E-state index in [-0.39, 0.29) is 12.4 Å². The number of aromatic nitrogens is 2. The number of rotatable bonds is 3. The van der Waals surface area contributed by atoms with Crippen molar-refractivity contribution in [1.29, 1.82) is 0 Å². The zero-order valence-corrected chi connectivity index (χ0v) is 8.96. The fourth-order valence-electron chi connectivity index (χ4n) is 1.75. The lowest BCUT2D eigenvalue weighted by Crippen LogP contribution is -2.48. The average Bonchev–Trinajstić information content (AvgIpc) is 2.23. The maximum atomic E-state index is 12.2. The Bertz CT molecular complexity index is 381. The standard InChI is InChI=1S/C10H12F3N3O/c11-10(12,13)7-2-3-8(16-15-7)14-9(6-17)4-1-5-9/h2-3,17H,1,4-6H2,(H,14,16). The van der Waals surface area contributed by atoms with Crippen molar-refractivity contribution in [2.24, 2.45) is 0 Å². The summed E-state index contributed by atoms with van der Waals surface area (Å²) in [5, 5.41) is 18.7. The van der Waals surface area contributed by atoms with Crippen LogP contribution in [0.4, 0.5) is 19.0 Å². The molecular weight excluding hydrogens is 235 g/mol. The van der Waals surface area contributed by atoms with Crippen molar-refractivity contribution in [3.05, 3.63) is 17.8 Å². The predicted octanol–water partition coefficient (Wildman–Crippen LogP) is 1.82. The van der Waals surface area contributed by atoms with Gasteiger partial charge in [0, 0.05) is 0 Å². The molecule has 0 amide bonds. The number of hydrogen-bond acceptors (Lipinski definition) is 4. The predicted molar refractivity (Wildman–Crippen MR) is 54.3 cm³/mol. The van der Waals surface area contributed by atoms with Crippen molar-refractivity contribution in [3.8, 4) is 0 Å². The number of hydrogen-bond donors (Lipinski definition) is 2. The third-order valence-corrected chi connectivity index (χ3v) is 2.96. The van der Waals surface area contributed by atoms with Gasteiger partial charge in [-0.25, -0.2) is 0 Å². The van der Waals surface area contributed by atoms with Gasteiger partial charge < -0.3 is 10.4 Å². The summed E-state index contributed by atoms with van der Waals surface area (Å²) < 4.78 is 36.7. The molecule has 0 saturated heterocycles.